The first-order valence-corrected chi connectivity index (χ1v) is 10.4. The van der Waals surface area contributed by atoms with Crippen LogP contribution >= 0.6 is 0 Å². The molecule has 3 aromatic carbocycles. The molecule has 0 radical (unpaired) electrons. The van der Waals surface area contributed by atoms with Crippen molar-refractivity contribution in [2.24, 2.45) is 0 Å². The van der Waals surface area contributed by atoms with Gasteiger partial charge in [0.15, 0.2) is 11.5 Å². The van der Waals surface area contributed by atoms with Crippen LogP contribution in [0.5, 0.6) is 17.2 Å². The number of nitrogens with zero attached hydrogens (tertiary/aromatic N) is 1. The van der Waals surface area contributed by atoms with E-state index < -0.39 is 16.0 Å². The van der Waals surface area contributed by atoms with E-state index in [-0.39, 0.29) is 16.2 Å². The summed E-state index contributed by atoms with van der Waals surface area (Å²) in [4.78, 5) is 12.5. The summed E-state index contributed by atoms with van der Waals surface area (Å²) in [5, 5.41) is 0. The van der Waals surface area contributed by atoms with Gasteiger partial charge in [-0.15, -0.1) is 0 Å². The molecule has 0 aliphatic heterocycles. The lowest BCUT2D eigenvalue weighted by Crippen LogP contribution is -2.26. The minimum atomic E-state index is -3.89. The molecule has 3 aromatic rings. The second-order valence-corrected chi connectivity index (χ2v) is 8.21. The molecule has 0 aromatic heterocycles. The zero-order valence-corrected chi connectivity index (χ0v) is 17.5. The Hall–Kier alpha value is -3.52. The van der Waals surface area contributed by atoms with Gasteiger partial charge >= 0.3 is 5.97 Å². The Morgan fingerprint density at radius 1 is 0.833 bits per heavy atom. The van der Waals surface area contributed by atoms with E-state index in [0.717, 1.165) is 4.31 Å². The van der Waals surface area contributed by atoms with Crippen LogP contribution in [0.2, 0.25) is 0 Å². The third kappa shape index (κ3) is 4.38. The van der Waals surface area contributed by atoms with Gasteiger partial charge in [0, 0.05) is 7.05 Å². The van der Waals surface area contributed by atoms with Crippen LogP contribution < -0.4 is 18.5 Å². The molecule has 0 atom stereocenters. The van der Waals surface area contributed by atoms with E-state index in [1.165, 1.54) is 45.5 Å². The van der Waals surface area contributed by atoms with E-state index in [1.54, 1.807) is 48.5 Å². The van der Waals surface area contributed by atoms with Crippen molar-refractivity contribution in [3.63, 3.8) is 0 Å². The highest BCUT2D eigenvalue weighted by molar-refractivity contribution is 7.92. The Morgan fingerprint density at radius 2 is 1.50 bits per heavy atom. The number of ether oxygens (including phenoxy) is 3. The fraction of sp³-hybridized carbons (Fsp3) is 0.136. The normalized spacial score (nSPS) is 10.9. The predicted molar refractivity (Wildman–Crippen MR) is 113 cm³/mol. The summed E-state index contributed by atoms with van der Waals surface area (Å²) < 4.78 is 42.9. The predicted octanol–water partition coefficient (Wildman–Crippen LogP) is 3.75. The number of hydrogen-bond acceptors (Lipinski definition) is 6. The molecule has 156 valence electrons. The summed E-state index contributed by atoms with van der Waals surface area (Å²) in [6.45, 7) is 0. The fourth-order valence-corrected chi connectivity index (χ4v) is 3.98. The largest absolute Gasteiger partial charge is 0.497 e. The Morgan fingerprint density at radius 3 is 2.13 bits per heavy atom. The van der Waals surface area contributed by atoms with E-state index in [0.29, 0.717) is 17.2 Å². The number of benzene rings is 3. The van der Waals surface area contributed by atoms with Crippen LogP contribution in [0.15, 0.2) is 77.7 Å². The summed E-state index contributed by atoms with van der Waals surface area (Å²) in [6.07, 6.45) is 0. The molecule has 0 saturated heterocycles. The number of hydrogen-bond donors (Lipinski definition) is 0. The van der Waals surface area contributed by atoms with Crippen LogP contribution in [0.25, 0.3) is 0 Å². The van der Waals surface area contributed by atoms with Gasteiger partial charge in [0.05, 0.1) is 30.4 Å². The van der Waals surface area contributed by atoms with Crippen molar-refractivity contribution < 1.29 is 27.4 Å². The van der Waals surface area contributed by atoms with Crippen LogP contribution in [0.1, 0.15) is 10.4 Å². The Balaban J connectivity index is 1.86. The molecule has 7 nitrogen and oxygen atoms in total. The SMILES string of the molecule is COc1ccc(N(C)S(=O)(=O)c2cccc(C(=O)Oc3ccccc3OC)c2)cc1. The van der Waals surface area contributed by atoms with Crippen molar-refractivity contribution in [1.29, 1.82) is 0 Å². The zero-order valence-electron chi connectivity index (χ0n) is 16.7. The topological polar surface area (TPSA) is 82.1 Å². The summed E-state index contributed by atoms with van der Waals surface area (Å²) >= 11 is 0. The summed E-state index contributed by atoms with van der Waals surface area (Å²) in [5.74, 6) is 0.566. The minimum absolute atomic E-state index is 0.0321. The van der Waals surface area contributed by atoms with Crippen LogP contribution in [0.3, 0.4) is 0 Å². The average Bonchev–Trinajstić information content (AvgIpc) is 2.79. The Labute approximate surface area is 175 Å². The Bertz CT molecular complexity index is 1140. The summed E-state index contributed by atoms with van der Waals surface area (Å²) in [7, 11) is 0.548. The van der Waals surface area contributed by atoms with E-state index in [2.05, 4.69) is 0 Å². The standard InChI is InChI=1S/C22H21NO6S/c1-23(17-11-13-18(27-2)14-12-17)30(25,26)19-8-6-7-16(15-19)22(24)29-21-10-5-4-9-20(21)28-3/h4-15H,1-3H3. The van der Waals surface area contributed by atoms with Gasteiger partial charge in [-0.2, -0.15) is 0 Å². The van der Waals surface area contributed by atoms with Gasteiger partial charge in [-0.25, -0.2) is 13.2 Å². The van der Waals surface area contributed by atoms with Crippen LogP contribution in [0, 0.1) is 0 Å². The second kappa shape index (κ2) is 8.87. The molecule has 0 heterocycles. The van der Waals surface area contributed by atoms with Gasteiger partial charge in [0.2, 0.25) is 0 Å². The smallest absolute Gasteiger partial charge is 0.343 e. The summed E-state index contributed by atoms with van der Waals surface area (Å²) in [6, 6.07) is 19.0. The van der Waals surface area contributed by atoms with Crippen molar-refractivity contribution in [3.8, 4) is 17.2 Å². The van der Waals surface area contributed by atoms with E-state index in [4.69, 9.17) is 14.2 Å². The van der Waals surface area contributed by atoms with E-state index in [9.17, 15) is 13.2 Å². The molecular weight excluding hydrogens is 406 g/mol. The molecule has 8 heteroatoms. The number of sulfonamides is 1. The van der Waals surface area contributed by atoms with E-state index >= 15 is 0 Å². The second-order valence-electron chi connectivity index (χ2n) is 6.24. The molecule has 0 fully saturated rings. The molecule has 30 heavy (non-hydrogen) atoms. The highest BCUT2D eigenvalue weighted by atomic mass is 32.2. The molecule has 3 rings (SSSR count). The highest BCUT2D eigenvalue weighted by Crippen LogP contribution is 2.28. The number of anilines is 1. The van der Waals surface area contributed by atoms with Crippen molar-refractivity contribution in [3.05, 3.63) is 78.4 Å². The lowest BCUT2D eigenvalue weighted by Gasteiger charge is -2.20. The molecule has 0 N–H and O–H groups in total. The van der Waals surface area contributed by atoms with Crippen molar-refractivity contribution >= 4 is 21.7 Å². The first kappa shape index (κ1) is 21.2. The number of esters is 1. The molecule has 0 bridgehead atoms. The quantitative estimate of drug-likeness (QED) is 0.422. The lowest BCUT2D eigenvalue weighted by molar-refractivity contribution is 0.0729. The highest BCUT2D eigenvalue weighted by Gasteiger charge is 2.23. The number of carbonyl (C=O) groups is 1. The van der Waals surface area contributed by atoms with Crippen molar-refractivity contribution in [2.45, 2.75) is 4.90 Å². The number of rotatable bonds is 7. The van der Waals surface area contributed by atoms with Crippen LogP contribution in [-0.4, -0.2) is 35.7 Å². The first-order chi connectivity index (χ1) is 14.4. The maximum absolute atomic E-state index is 13.0. The molecule has 0 saturated carbocycles. The molecule has 0 amide bonds. The van der Waals surface area contributed by atoms with Gasteiger partial charge in [-0.05, 0) is 54.6 Å². The monoisotopic (exact) mass is 427 g/mol. The van der Waals surface area contributed by atoms with Gasteiger partial charge in [-0.3, -0.25) is 4.31 Å². The molecule has 0 aliphatic rings. The number of methoxy groups -OCH3 is 2. The van der Waals surface area contributed by atoms with Crippen LogP contribution in [-0.2, 0) is 10.0 Å². The third-order valence-corrected chi connectivity index (χ3v) is 6.22. The maximum Gasteiger partial charge on any atom is 0.343 e. The first-order valence-electron chi connectivity index (χ1n) is 8.95. The average molecular weight is 427 g/mol. The van der Waals surface area contributed by atoms with Gasteiger partial charge in [0.25, 0.3) is 10.0 Å². The van der Waals surface area contributed by atoms with Crippen LogP contribution in [0.4, 0.5) is 5.69 Å². The van der Waals surface area contributed by atoms with Gasteiger partial charge in [0.1, 0.15) is 5.75 Å². The lowest BCUT2D eigenvalue weighted by atomic mass is 10.2. The van der Waals surface area contributed by atoms with Crippen molar-refractivity contribution in [1.82, 2.24) is 0 Å². The number of carbonyl (C=O) groups excluding carboxylic acids is 1. The van der Waals surface area contributed by atoms with Gasteiger partial charge in [-0.1, -0.05) is 18.2 Å². The molecule has 0 unspecified atom stereocenters. The minimum Gasteiger partial charge on any atom is -0.497 e. The Kier molecular flexibility index (Phi) is 6.27. The summed E-state index contributed by atoms with van der Waals surface area (Å²) in [5.41, 5.74) is 0.558. The number of para-hydroxylation sites is 2. The molecule has 0 aliphatic carbocycles. The molecule has 0 spiro atoms. The fourth-order valence-electron chi connectivity index (χ4n) is 2.73. The van der Waals surface area contributed by atoms with Crippen molar-refractivity contribution in [2.75, 3.05) is 25.6 Å². The van der Waals surface area contributed by atoms with Gasteiger partial charge < -0.3 is 14.2 Å². The maximum atomic E-state index is 13.0. The molecular formula is C22H21NO6S. The van der Waals surface area contributed by atoms with E-state index in [1.807, 2.05) is 0 Å². The zero-order chi connectivity index (χ0) is 21.7. The third-order valence-electron chi connectivity index (χ3n) is 4.44.